The molecule has 1 aliphatic rings. The largest absolute Gasteiger partial charge is 0.370 e. The monoisotopic (exact) mass is 262 g/mol. The number of sulfonamides is 1. The van der Waals surface area contributed by atoms with E-state index in [9.17, 15) is 8.42 Å². The van der Waals surface area contributed by atoms with Crippen molar-refractivity contribution in [3.05, 3.63) is 0 Å². The molecule has 0 aliphatic heterocycles. The second kappa shape index (κ2) is 6.80. The summed E-state index contributed by atoms with van der Waals surface area (Å²) in [5.41, 5.74) is 5.70. The van der Waals surface area contributed by atoms with Crippen LogP contribution in [-0.4, -0.2) is 39.3 Å². The van der Waals surface area contributed by atoms with Gasteiger partial charge in [-0.1, -0.05) is 12.8 Å². The third-order valence-corrected chi connectivity index (χ3v) is 4.21. The Morgan fingerprint density at radius 3 is 2.65 bits per heavy atom. The van der Waals surface area contributed by atoms with Crippen LogP contribution in [0.3, 0.4) is 0 Å². The van der Waals surface area contributed by atoms with Gasteiger partial charge in [-0.2, -0.15) is 0 Å². The molecule has 1 aliphatic carbocycles. The Hall–Kier alpha value is -0.820. The fourth-order valence-corrected chi connectivity index (χ4v) is 2.41. The molecule has 100 valence electrons. The summed E-state index contributed by atoms with van der Waals surface area (Å²) in [6.45, 7) is 2.26. The average Bonchev–Trinajstić information content (AvgIpc) is 2.77. The Morgan fingerprint density at radius 1 is 1.41 bits per heavy atom. The highest BCUT2D eigenvalue weighted by molar-refractivity contribution is 7.89. The molecule has 0 aromatic rings. The number of nitrogens with one attached hydrogen (secondary N) is 2. The van der Waals surface area contributed by atoms with Gasteiger partial charge in [0, 0.05) is 12.6 Å². The number of nitrogens with two attached hydrogens (primary N) is 1. The normalized spacial score (nSPS) is 18.5. The molecule has 0 unspecified atom stereocenters. The highest BCUT2D eigenvalue weighted by Gasteiger charge is 2.14. The van der Waals surface area contributed by atoms with Gasteiger partial charge in [0.25, 0.3) is 0 Å². The van der Waals surface area contributed by atoms with Crippen LogP contribution in [0.1, 0.15) is 32.6 Å². The Morgan fingerprint density at radius 2 is 2.06 bits per heavy atom. The summed E-state index contributed by atoms with van der Waals surface area (Å²) in [6.07, 6.45) is 4.75. The fraction of sp³-hybridized carbons (Fsp3) is 0.900. The summed E-state index contributed by atoms with van der Waals surface area (Å²) >= 11 is 0. The zero-order valence-corrected chi connectivity index (χ0v) is 11.1. The molecule has 7 heteroatoms. The molecule has 0 radical (unpaired) electrons. The van der Waals surface area contributed by atoms with Crippen molar-refractivity contribution in [1.82, 2.24) is 10.0 Å². The van der Waals surface area contributed by atoms with E-state index in [4.69, 9.17) is 5.73 Å². The second-order valence-electron chi connectivity index (χ2n) is 4.19. The molecular formula is C10H22N4O2S. The second-order valence-corrected chi connectivity index (χ2v) is 6.29. The molecule has 1 rings (SSSR count). The highest BCUT2D eigenvalue weighted by Crippen LogP contribution is 2.17. The standard InChI is InChI=1S/C10H22N4O2S/c1-2-17(15,16)13-8-7-12-10(11)14-9-5-3-4-6-9/h9,13H,2-8H2,1H3,(H3,11,12,14). The number of aliphatic imine (C=N–C) groups is 1. The fourth-order valence-electron chi connectivity index (χ4n) is 1.80. The lowest BCUT2D eigenvalue weighted by molar-refractivity contribution is 0.583. The molecule has 6 nitrogen and oxygen atoms in total. The van der Waals surface area contributed by atoms with E-state index in [0.29, 0.717) is 25.1 Å². The maximum atomic E-state index is 11.1. The molecule has 0 atom stereocenters. The predicted octanol–water partition coefficient (Wildman–Crippen LogP) is -0.227. The third-order valence-electron chi connectivity index (χ3n) is 2.80. The minimum Gasteiger partial charge on any atom is -0.370 e. The summed E-state index contributed by atoms with van der Waals surface area (Å²) in [5, 5.41) is 3.14. The summed E-state index contributed by atoms with van der Waals surface area (Å²) in [7, 11) is -3.12. The molecule has 0 bridgehead atoms. The van der Waals surface area contributed by atoms with E-state index in [2.05, 4.69) is 15.0 Å². The van der Waals surface area contributed by atoms with Crippen molar-refractivity contribution in [2.24, 2.45) is 10.7 Å². The zero-order chi connectivity index (χ0) is 12.7. The molecule has 1 fully saturated rings. The molecule has 0 saturated heterocycles. The van der Waals surface area contributed by atoms with Crippen LogP contribution in [0.5, 0.6) is 0 Å². The van der Waals surface area contributed by atoms with Crippen molar-refractivity contribution in [3.8, 4) is 0 Å². The van der Waals surface area contributed by atoms with E-state index in [1.165, 1.54) is 12.8 Å². The van der Waals surface area contributed by atoms with Crippen LogP contribution in [-0.2, 0) is 10.0 Å². The first-order chi connectivity index (χ1) is 8.03. The number of rotatable bonds is 6. The zero-order valence-electron chi connectivity index (χ0n) is 10.3. The lowest BCUT2D eigenvalue weighted by atomic mass is 10.2. The predicted molar refractivity (Wildman–Crippen MR) is 69.3 cm³/mol. The van der Waals surface area contributed by atoms with Gasteiger partial charge in [-0.25, -0.2) is 13.1 Å². The minimum atomic E-state index is -3.12. The van der Waals surface area contributed by atoms with Crippen molar-refractivity contribution in [3.63, 3.8) is 0 Å². The Kier molecular flexibility index (Phi) is 5.70. The lowest BCUT2D eigenvalue weighted by Gasteiger charge is -2.12. The Balaban J connectivity index is 2.19. The molecule has 1 saturated carbocycles. The van der Waals surface area contributed by atoms with Crippen LogP contribution in [0.15, 0.2) is 4.99 Å². The van der Waals surface area contributed by atoms with Crippen LogP contribution in [0.2, 0.25) is 0 Å². The van der Waals surface area contributed by atoms with E-state index < -0.39 is 10.0 Å². The Bertz CT molecular complexity index is 347. The molecule has 0 amide bonds. The first-order valence-electron chi connectivity index (χ1n) is 6.07. The topological polar surface area (TPSA) is 96.6 Å². The van der Waals surface area contributed by atoms with Crippen LogP contribution >= 0.6 is 0 Å². The summed E-state index contributed by atoms with van der Waals surface area (Å²) in [5.74, 6) is 0.500. The molecule has 17 heavy (non-hydrogen) atoms. The van der Waals surface area contributed by atoms with Gasteiger partial charge in [0.2, 0.25) is 10.0 Å². The molecule has 0 heterocycles. The van der Waals surface area contributed by atoms with Gasteiger partial charge >= 0.3 is 0 Å². The quantitative estimate of drug-likeness (QED) is 0.350. The van der Waals surface area contributed by atoms with Crippen LogP contribution < -0.4 is 15.8 Å². The van der Waals surface area contributed by atoms with Crippen LogP contribution in [0, 0.1) is 0 Å². The van der Waals surface area contributed by atoms with Crippen molar-refractivity contribution >= 4 is 16.0 Å². The van der Waals surface area contributed by atoms with Crippen molar-refractivity contribution in [2.45, 2.75) is 38.6 Å². The first-order valence-corrected chi connectivity index (χ1v) is 7.72. The van der Waals surface area contributed by atoms with E-state index in [1.54, 1.807) is 6.92 Å². The van der Waals surface area contributed by atoms with Gasteiger partial charge in [0.1, 0.15) is 0 Å². The molecule has 0 aromatic carbocycles. The van der Waals surface area contributed by atoms with E-state index >= 15 is 0 Å². The van der Waals surface area contributed by atoms with E-state index in [0.717, 1.165) is 12.8 Å². The molecule has 4 N–H and O–H groups in total. The van der Waals surface area contributed by atoms with Gasteiger partial charge in [-0.3, -0.25) is 4.99 Å². The Labute approximate surface area is 103 Å². The smallest absolute Gasteiger partial charge is 0.211 e. The third kappa shape index (κ3) is 5.88. The van der Waals surface area contributed by atoms with E-state index in [-0.39, 0.29) is 5.75 Å². The minimum absolute atomic E-state index is 0.0898. The van der Waals surface area contributed by atoms with Gasteiger partial charge < -0.3 is 11.1 Å². The number of hydrogen-bond donors (Lipinski definition) is 3. The van der Waals surface area contributed by atoms with Crippen molar-refractivity contribution < 1.29 is 8.42 Å². The first kappa shape index (κ1) is 14.2. The van der Waals surface area contributed by atoms with Crippen molar-refractivity contribution in [2.75, 3.05) is 18.8 Å². The van der Waals surface area contributed by atoms with Gasteiger partial charge in [-0.15, -0.1) is 0 Å². The van der Waals surface area contributed by atoms with Gasteiger partial charge in [0.05, 0.1) is 12.3 Å². The average molecular weight is 262 g/mol. The molecule has 0 aromatic heterocycles. The van der Waals surface area contributed by atoms with Crippen molar-refractivity contribution in [1.29, 1.82) is 0 Å². The summed E-state index contributed by atoms with van der Waals surface area (Å²) in [6, 6.07) is 0.436. The van der Waals surface area contributed by atoms with Gasteiger partial charge in [-0.05, 0) is 19.8 Å². The highest BCUT2D eigenvalue weighted by atomic mass is 32.2. The number of hydrogen-bond acceptors (Lipinski definition) is 3. The van der Waals surface area contributed by atoms with Crippen LogP contribution in [0.4, 0.5) is 0 Å². The maximum Gasteiger partial charge on any atom is 0.211 e. The maximum absolute atomic E-state index is 11.1. The molecular weight excluding hydrogens is 240 g/mol. The SMILES string of the molecule is CCS(=O)(=O)NCCN=C(N)NC1CCCC1. The van der Waals surface area contributed by atoms with Crippen LogP contribution in [0.25, 0.3) is 0 Å². The molecule has 0 spiro atoms. The number of guanidine groups is 1. The van der Waals surface area contributed by atoms with E-state index in [1.807, 2.05) is 0 Å². The van der Waals surface area contributed by atoms with Gasteiger partial charge in [0.15, 0.2) is 5.96 Å². The lowest BCUT2D eigenvalue weighted by Crippen LogP contribution is -2.39. The number of nitrogens with zero attached hydrogens (tertiary/aromatic N) is 1. The summed E-state index contributed by atoms with van der Waals surface area (Å²) < 4.78 is 24.7. The summed E-state index contributed by atoms with van der Waals surface area (Å²) in [4.78, 5) is 4.08.